The van der Waals surface area contributed by atoms with E-state index < -0.39 is 5.97 Å². The summed E-state index contributed by atoms with van der Waals surface area (Å²) >= 11 is 0. The maximum Gasteiger partial charge on any atom is 0.303 e. The number of furan rings is 1. The first-order valence-corrected chi connectivity index (χ1v) is 9.35. The van der Waals surface area contributed by atoms with Crippen LogP contribution < -0.4 is 4.74 Å². The molecule has 4 heteroatoms. The van der Waals surface area contributed by atoms with Crippen LogP contribution in [0.25, 0.3) is 11.0 Å². The molecule has 0 spiro atoms. The van der Waals surface area contributed by atoms with Crippen molar-refractivity contribution in [3.05, 3.63) is 63.9 Å². The van der Waals surface area contributed by atoms with Gasteiger partial charge in [0.05, 0.1) is 0 Å². The molecule has 3 aromatic rings. The highest BCUT2D eigenvalue weighted by atomic mass is 16.5. The summed E-state index contributed by atoms with van der Waals surface area (Å²) in [5.74, 6) is 1.03. The van der Waals surface area contributed by atoms with Crippen LogP contribution in [0.15, 0.2) is 34.7 Å². The first kappa shape index (κ1) is 19.0. The number of aryl methyl sites for hydroxylation is 3. The molecule has 1 heterocycles. The van der Waals surface area contributed by atoms with Crippen LogP contribution >= 0.6 is 0 Å². The molecule has 1 N–H and O–H groups in total. The van der Waals surface area contributed by atoms with Gasteiger partial charge >= 0.3 is 5.97 Å². The topological polar surface area (TPSA) is 59.7 Å². The smallest absolute Gasteiger partial charge is 0.303 e. The van der Waals surface area contributed by atoms with Gasteiger partial charge in [-0.3, -0.25) is 4.79 Å². The highest BCUT2D eigenvalue weighted by Gasteiger charge is 2.13. The monoisotopic (exact) mass is 366 g/mol. The zero-order chi connectivity index (χ0) is 19.6. The van der Waals surface area contributed by atoms with Gasteiger partial charge in [0.1, 0.15) is 23.7 Å². The van der Waals surface area contributed by atoms with E-state index in [-0.39, 0.29) is 6.42 Å². The van der Waals surface area contributed by atoms with Gasteiger partial charge in [-0.1, -0.05) is 25.1 Å². The summed E-state index contributed by atoms with van der Waals surface area (Å²) in [6.07, 6.45) is 1.54. The molecular formula is C23H26O4. The number of carbonyl (C=O) groups is 1. The quantitative estimate of drug-likeness (QED) is 0.598. The van der Waals surface area contributed by atoms with Gasteiger partial charge in [0.2, 0.25) is 0 Å². The Morgan fingerprint density at radius 2 is 1.89 bits per heavy atom. The molecule has 0 aliphatic rings. The molecule has 0 fully saturated rings. The van der Waals surface area contributed by atoms with Crippen LogP contribution in [0.2, 0.25) is 0 Å². The summed E-state index contributed by atoms with van der Waals surface area (Å²) in [5, 5.41) is 10.0. The minimum absolute atomic E-state index is 0.139. The lowest BCUT2D eigenvalue weighted by Crippen LogP contribution is -2.03. The van der Waals surface area contributed by atoms with Gasteiger partial charge in [-0.15, -0.1) is 0 Å². The molecular weight excluding hydrogens is 340 g/mol. The Morgan fingerprint density at radius 1 is 1.11 bits per heavy atom. The summed E-state index contributed by atoms with van der Waals surface area (Å²) in [6.45, 7) is 8.63. The summed E-state index contributed by atoms with van der Waals surface area (Å²) in [6, 6.07) is 10.2. The van der Waals surface area contributed by atoms with Crippen LogP contribution in [0, 0.1) is 20.8 Å². The second-order valence-corrected chi connectivity index (χ2v) is 7.00. The number of benzene rings is 2. The van der Waals surface area contributed by atoms with Gasteiger partial charge in [0.25, 0.3) is 0 Å². The lowest BCUT2D eigenvalue weighted by molar-refractivity contribution is -0.136. The second kappa shape index (κ2) is 7.87. The lowest BCUT2D eigenvalue weighted by Gasteiger charge is -2.15. The van der Waals surface area contributed by atoms with E-state index >= 15 is 0 Å². The Kier molecular flexibility index (Phi) is 5.54. The zero-order valence-corrected chi connectivity index (χ0v) is 16.4. The first-order chi connectivity index (χ1) is 12.9. The molecule has 0 radical (unpaired) electrons. The Labute approximate surface area is 159 Å². The summed E-state index contributed by atoms with van der Waals surface area (Å²) in [7, 11) is 0. The van der Waals surface area contributed by atoms with Crippen molar-refractivity contribution in [1.82, 2.24) is 0 Å². The Balaban J connectivity index is 1.84. The normalized spacial score (nSPS) is 11.1. The Morgan fingerprint density at radius 3 is 2.59 bits per heavy atom. The van der Waals surface area contributed by atoms with E-state index in [9.17, 15) is 4.79 Å². The van der Waals surface area contributed by atoms with Crippen molar-refractivity contribution in [2.75, 3.05) is 0 Å². The molecule has 27 heavy (non-hydrogen) atoms. The van der Waals surface area contributed by atoms with Gasteiger partial charge in [0, 0.05) is 23.8 Å². The van der Waals surface area contributed by atoms with Crippen molar-refractivity contribution < 1.29 is 19.1 Å². The summed E-state index contributed by atoms with van der Waals surface area (Å²) in [5.41, 5.74) is 6.32. The number of fused-ring (bicyclic) bond motifs is 1. The third kappa shape index (κ3) is 4.00. The average Bonchev–Trinajstić information content (AvgIpc) is 3.06. The summed E-state index contributed by atoms with van der Waals surface area (Å²) in [4.78, 5) is 10.8. The fourth-order valence-electron chi connectivity index (χ4n) is 3.34. The van der Waals surface area contributed by atoms with Crippen LogP contribution in [-0.2, 0) is 24.2 Å². The van der Waals surface area contributed by atoms with E-state index in [1.54, 1.807) is 0 Å². The van der Waals surface area contributed by atoms with Crippen molar-refractivity contribution in [3.63, 3.8) is 0 Å². The first-order valence-electron chi connectivity index (χ1n) is 9.35. The number of carboxylic acids is 1. The number of aliphatic carboxylic acids is 1. The van der Waals surface area contributed by atoms with Gasteiger partial charge < -0.3 is 14.3 Å². The molecule has 4 nitrogen and oxygen atoms in total. The predicted octanol–water partition coefficient (Wildman–Crippen LogP) is 5.52. The van der Waals surface area contributed by atoms with Crippen molar-refractivity contribution in [2.24, 2.45) is 0 Å². The zero-order valence-electron chi connectivity index (χ0n) is 16.4. The van der Waals surface area contributed by atoms with Crippen LogP contribution in [0.5, 0.6) is 5.75 Å². The molecule has 1 aromatic heterocycles. The van der Waals surface area contributed by atoms with Gasteiger partial charge in [-0.2, -0.15) is 0 Å². The molecule has 0 unspecified atom stereocenters. The van der Waals surface area contributed by atoms with E-state index in [0.29, 0.717) is 13.0 Å². The van der Waals surface area contributed by atoms with E-state index in [4.69, 9.17) is 14.3 Å². The van der Waals surface area contributed by atoms with Gasteiger partial charge in [0.15, 0.2) is 0 Å². The molecule has 0 aliphatic carbocycles. The lowest BCUT2D eigenvalue weighted by atomic mass is 9.99. The van der Waals surface area contributed by atoms with Crippen LogP contribution in [-0.4, -0.2) is 11.1 Å². The number of hydrogen-bond donors (Lipinski definition) is 1. The molecule has 142 valence electrons. The van der Waals surface area contributed by atoms with Crippen molar-refractivity contribution >= 4 is 16.9 Å². The average molecular weight is 366 g/mol. The Bertz CT molecular complexity index is 982. The van der Waals surface area contributed by atoms with E-state index in [0.717, 1.165) is 56.7 Å². The van der Waals surface area contributed by atoms with Crippen LogP contribution in [0.1, 0.15) is 46.9 Å². The molecule has 0 saturated heterocycles. The number of ether oxygens (including phenoxy) is 1. The van der Waals surface area contributed by atoms with E-state index in [1.165, 1.54) is 0 Å². The van der Waals surface area contributed by atoms with Crippen molar-refractivity contribution in [2.45, 2.75) is 53.6 Å². The maximum atomic E-state index is 10.8. The Hall–Kier alpha value is -2.75. The molecule has 0 atom stereocenters. The number of hydrogen-bond acceptors (Lipinski definition) is 3. The van der Waals surface area contributed by atoms with Crippen molar-refractivity contribution in [3.8, 4) is 5.75 Å². The minimum Gasteiger partial charge on any atom is -0.488 e. The second-order valence-electron chi connectivity index (χ2n) is 7.00. The molecule has 0 saturated carbocycles. The van der Waals surface area contributed by atoms with Gasteiger partial charge in [-0.25, -0.2) is 0 Å². The molecule has 0 amide bonds. The molecule has 0 bridgehead atoms. The fraction of sp³-hybridized carbons (Fsp3) is 0.348. The number of carboxylic acid groups (broad SMARTS) is 1. The fourth-order valence-corrected chi connectivity index (χ4v) is 3.34. The van der Waals surface area contributed by atoms with Gasteiger partial charge in [-0.05, 0) is 61.6 Å². The van der Waals surface area contributed by atoms with E-state index in [2.05, 4.69) is 32.0 Å². The SMILES string of the molecule is CCc1cc2ccc(C)c(COc3ccc(CCC(=O)O)c(C)c3C)c2o1. The summed E-state index contributed by atoms with van der Waals surface area (Å²) < 4.78 is 12.1. The number of rotatable bonds is 7. The third-order valence-electron chi connectivity index (χ3n) is 5.25. The predicted molar refractivity (Wildman–Crippen MR) is 107 cm³/mol. The van der Waals surface area contributed by atoms with Crippen molar-refractivity contribution in [1.29, 1.82) is 0 Å². The minimum atomic E-state index is -0.777. The van der Waals surface area contributed by atoms with Crippen LogP contribution in [0.4, 0.5) is 0 Å². The maximum absolute atomic E-state index is 10.8. The highest BCUT2D eigenvalue weighted by molar-refractivity contribution is 5.82. The molecule has 3 rings (SSSR count). The van der Waals surface area contributed by atoms with Crippen LogP contribution in [0.3, 0.4) is 0 Å². The molecule has 2 aromatic carbocycles. The largest absolute Gasteiger partial charge is 0.488 e. The highest BCUT2D eigenvalue weighted by Crippen LogP contribution is 2.30. The third-order valence-corrected chi connectivity index (χ3v) is 5.25. The molecule has 0 aliphatic heterocycles. The standard InChI is InChI=1S/C23H26O4/c1-5-19-12-18-7-6-14(2)20(23(18)27-19)13-26-21-10-8-17(9-11-22(24)25)15(3)16(21)4/h6-8,10,12H,5,9,11,13H2,1-4H3,(H,24,25). The van der Waals surface area contributed by atoms with E-state index in [1.807, 2.05) is 26.0 Å².